The zero-order chi connectivity index (χ0) is 7.78. The Kier molecular flexibility index (Phi) is 1.52. The van der Waals surface area contributed by atoms with Gasteiger partial charge >= 0.3 is 0 Å². The number of aromatic nitrogens is 2. The van der Waals surface area contributed by atoms with Gasteiger partial charge in [-0.2, -0.15) is 5.10 Å². The summed E-state index contributed by atoms with van der Waals surface area (Å²) in [4.78, 5) is 0. The summed E-state index contributed by atoms with van der Waals surface area (Å²) in [7, 11) is 1.83. The van der Waals surface area contributed by atoms with E-state index in [4.69, 9.17) is 0 Å². The van der Waals surface area contributed by atoms with Crippen LogP contribution in [0.1, 0.15) is 19.5 Å². The highest BCUT2D eigenvalue weighted by Crippen LogP contribution is 2.15. The molecule has 0 aliphatic carbocycles. The fourth-order valence-corrected chi connectivity index (χ4v) is 0.741. The molecule has 0 atom stereocenters. The van der Waals surface area contributed by atoms with Crippen molar-refractivity contribution in [3.8, 4) is 0 Å². The summed E-state index contributed by atoms with van der Waals surface area (Å²) < 4.78 is 1.67. The Morgan fingerprint density at radius 1 is 1.60 bits per heavy atom. The molecule has 1 aromatic heterocycles. The van der Waals surface area contributed by atoms with Gasteiger partial charge in [-0.1, -0.05) is 0 Å². The zero-order valence-corrected chi connectivity index (χ0v) is 6.50. The lowest BCUT2D eigenvalue weighted by molar-refractivity contribution is 0.0732. The van der Waals surface area contributed by atoms with Gasteiger partial charge in [-0.05, 0) is 19.9 Å². The normalized spacial score (nSPS) is 12.0. The monoisotopic (exact) mass is 140 g/mol. The number of rotatable bonds is 1. The maximum atomic E-state index is 9.43. The molecule has 1 heterocycles. The molecule has 1 N–H and O–H groups in total. The van der Waals surface area contributed by atoms with Gasteiger partial charge in [-0.3, -0.25) is 4.68 Å². The molecule has 0 saturated heterocycles. The first kappa shape index (κ1) is 7.28. The van der Waals surface area contributed by atoms with Gasteiger partial charge in [0.2, 0.25) is 0 Å². The van der Waals surface area contributed by atoms with E-state index >= 15 is 0 Å². The van der Waals surface area contributed by atoms with Crippen LogP contribution in [0.4, 0.5) is 0 Å². The SMILES string of the molecule is Cn1ccc(C(C)(C)O)n1. The molecule has 10 heavy (non-hydrogen) atoms. The molecule has 0 fully saturated rings. The van der Waals surface area contributed by atoms with Crippen molar-refractivity contribution in [2.75, 3.05) is 0 Å². The third-order valence-corrected chi connectivity index (χ3v) is 1.34. The summed E-state index contributed by atoms with van der Waals surface area (Å²) in [6, 6.07) is 1.81. The van der Waals surface area contributed by atoms with Gasteiger partial charge in [0.15, 0.2) is 0 Å². The lowest BCUT2D eigenvalue weighted by atomic mass is 10.1. The Balaban J connectivity index is 2.96. The van der Waals surface area contributed by atoms with E-state index < -0.39 is 5.60 Å². The minimum absolute atomic E-state index is 0.704. The Morgan fingerprint density at radius 3 is 2.40 bits per heavy atom. The Hall–Kier alpha value is -0.830. The van der Waals surface area contributed by atoms with Crippen molar-refractivity contribution in [1.82, 2.24) is 9.78 Å². The van der Waals surface area contributed by atoms with Gasteiger partial charge in [-0.25, -0.2) is 0 Å². The van der Waals surface area contributed by atoms with E-state index in [1.54, 1.807) is 24.6 Å². The number of hydrogen-bond donors (Lipinski definition) is 1. The van der Waals surface area contributed by atoms with Crippen molar-refractivity contribution in [1.29, 1.82) is 0 Å². The lowest BCUT2D eigenvalue weighted by Crippen LogP contribution is -2.16. The molecule has 0 aliphatic rings. The molecule has 0 bridgehead atoms. The number of aryl methyl sites for hydroxylation is 1. The third kappa shape index (κ3) is 1.36. The molecule has 1 rings (SSSR count). The molecule has 0 unspecified atom stereocenters. The second-order valence-electron chi connectivity index (χ2n) is 2.93. The van der Waals surface area contributed by atoms with Gasteiger partial charge in [0, 0.05) is 13.2 Å². The molecular formula is C7H12N2O. The van der Waals surface area contributed by atoms with E-state index in [1.807, 2.05) is 13.2 Å². The maximum absolute atomic E-state index is 9.43. The average molecular weight is 140 g/mol. The molecule has 0 aliphatic heterocycles. The standard InChI is InChI=1S/C7H12N2O/c1-7(2,10)6-4-5-9(3)8-6/h4-5,10H,1-3H3. The molecule has 0 radical (unpaired) electrons. The van der Waals surface area contributed by atoms with Crippen LogP contribution >= 0.6 is 0 Å². The Labute approximate surface area is 60.3 Å². The summed E-state index contributed by atoms with van der Waals surface area (Å²) in [6.07, 6.45) is 1.81. The maximum Gasteiger partial charge on any atom is 0.103 e. The lowest BCUT2D eigenvalue weighted by Gasteiger charge is -2.12. The molecule has 0 aromatic carbocycles. The summed E-state index contributed by atoms with van der Waals surface area (Å²) in [5.74, 6) is 0. The van der Waals surface area contributed by atoms with Crippen LogP contribution in [0.3, 0.4) is 0 Å². The van der Waals surface area contributed by atoms with Crippen LogP contribution in [0.15, 0.2) is 12.3 Å². The van der Waals surface area contributed by atoms with Gasteiger partial charge < -0.3 is 5.11 Å². The van der Waals surface area contributed by atoms with Crippen molar-refractivity contribution in [3.05, 3.63) is 18.0 Å². The highest BCUT2D eigenvalue weighted by molar-refractivity contribution is 5.06. The molecule has 3 nitrogen and oxygen atoms in total. The smallest absolute Gasteiger partial charge is 0.103 e. The third-order valence-electron chi connectivity index (χ3n) is 1.34. The van der Waals surface area contributed by atoms with Crippen molar-refractivity contribution in [2.45, 2.75) is 19.4 Å². The van der Waals surface area contributed by atoms with Crippen LogP contribution in [0.25, 0.3) is 0 Å². The van der Waals surface area contributed by atoms with E-state index in [1.165, 1.54) is 0 Å². The van der Waals surface area contributed by atoms with Gasteiger partial charge in [0.1, 0.15) is 5.60 Å². The molecule has 1 aromatic rings. The topological polar surface area (TPSA) is 38.0 Å². The van der Waals surface area contributed by atoms with Crippen LogP contribution in [0.5, 0.6) is 0 Å². The second kappa shape index (κ2) is 2.09. The highest BCUT2D eigenvalue weighted by Gasteiger charge is 2.17. The molecule has 3 heteroatoms. The Morgan fingerprint density at radius 2 is 2.20 bits per heavy atom. The highest BCUT2D eigenvalue weighted by atomic mass is 16.3. The zero-order valence-electron chi connectivity index (χ0n) is 6.50. The molecule has 0 saturated carbocycles. The van der Waals surface area contributed by atoms with Gasteiger partial charge in [0.25, 0.3) is 0 Å². The van der Waals surface area contributed by atoms with Crippen LogP contribution in [0, 0.1) is 0 Å². The minimum Gasteiger partial charge on any atom is -0.384 e. The van der Waals surface area contributed by atoms with E-state index in [0.29, 0.717) is 5.69 Å². The number of hydrogen-bond acceptors (Lipinski definition) is 2. The van der Waals surface area contributed by atoms with Crippen LogP contribution in [-0.4, -0.2) is 14.9 Å². The van der Waals surface area contributed by atoms with E-state index in [-0.39, 0.29) is 0 Å². The first-order valence-electron chi connectivity index (χ1n) is 3.22. The van der Waals surface area contributed by atoms with E-state index in [0.717, 1.165) is 0 Å². The van der Waals surface area contributed by atoms with Gasteiger partial charge in [0.05, 0.1) is 5.69 Å². The molecular weight excluding hydrogens is 128 g/mol. The second-order valence-corrected chi connectivity index (χ2v) is 2.93. The van der Waals surface area contributed by atoms with Crippen molar-refractivity contribution in [3.63, 3.8) is 0 Å². The van der Waals surface area contributed by atoms with E-state index in [2.05, 4.69) is 5.10 Å². The summed E-state index contributed by atoms with van der Waals surface area (Å²) in [5.41, 5.74) is -0.114. The predicted molar refractivity (Wildman–Crippen MR) is 38.5 cm³/mol. The first-order valence-corrected chi connectivity index (χ1v) is 3.22. The van der Waals surface area contributed by atoms with Crippen molar-refractivity contribution in [2.24, 2.45) is 7.05 Å². The van der Waals surface area contributed by atoms with Crippen molar-refractivity contribution < 1.29 is 5.11 Å². The first-order chi connectivity index (χ1) is 4.50. The summed E-state index contributed by atoms with van der Waals surface area (Å²) in [6.45, 7) is 3.44. The fourth-order valence-electron chi connectivity index (χ4n) is 0.741. The largest absolute Gasteiger partial charge is 0.384 e. The number of aliphatic hydroxyl groups is 1. The fraction of sp³-hybridized carbons (Fsp3) is 0.571. The Bertz CT molecular complexity index is 222. The molecule has 0 amide bonds. The quantitative estimate of drug-likeness (QED) is 0.622. The van der Waals surface area contributed by atoms with Crippen LogP contribution < -0.4 is 0 Å². The minimum atomic E-state index is -0.818. The molecule has 0 spiro atoms. The van der Waals surface area contributed by atoms with Gasteiger partial charge in [-0.15, -0.1) is 0 Å². The predicted octanol–water partition coefficient (Wildman–Crippen LogP) is 0.647. The van der Waals surface area contributed by atoms with Crippen LogP contribution in [-0.2, 0) is 12.6 Å². The van der Waals surface area contributed by atoms with Crippen LogP contribution in [0.2, 0.25) is 0 Å². The number of nitrogens with zero attached hydrogens (tertiary/aromatic N) is 2. The average Bonchev–Trinajstić information content (AvgIpc) is 2.11. The van der Waals surface area contributed by atoms with Crippen molar-refractivity contribution >= 4 is 0 Å². The van der Waals surface area contributed by atoms with E-state index in [9.17, 15) is 5.11 Å². The summed E-state index contributed by atoms with van der Waals surface area (Å²) >= 11 is 0. The molecule has 56 valence electrons. The summed E-state index contributed by atoms with van der Waals surface area (Å²) in [5, 5.41) is 13.5.